The van der Waals surface area contributed by atoms with E-state index in [1.54, 1.807) is 18.0 Å². The molecule has 1 heterocycles. The van der Waals surface area contributed by atoms with Gasteiger partial charge in [-0.05, 0) is 31.0 Å². The second-order valence-corrected chi connectivity index (χ2v) is 7.46. The molecule has 0 spiro atoms. The van der Waals surface area contributed by atoms with Gasteiger partial charge in [-0.15, -0.1) is 11.8 Å². The van der Waals surface area contributed by atoms with E-state index >= 15 is 0 Å². The van der Waals surface area contributed by atoms with Crippen molar-refractivity contribution in [3.05, 3.63) is 83.9 Å². The Morgan fingerprint density at radius 3 is 2.62 bits per heavy atom. The highest BCUT2D eigenvalue weighted by Gasteiger charge is 2.14. The van der Waals surface area contributed by atoms with E-state index in [9.17, 15) is 4.79 Å². The van der Waals surface area contributed by atoms with E-state index in [4.69, 9.17) is 0 Å². The van der Waals surface area contributed by atoms with Crippen molar-refractivity contribution in [2.24, 2.45) is 0 Å². The van der Waals surface area contributed by atoms with Crippen molar-refractivity contribution in [1.29, 1.82) is 0 Å². The van der Waals surface area contributed by atoms with E-state index in [0.717, 1.165) is 22.8 Å². The van der Waals surface area contributed by atoms with Crippen LogP contribution in [-0.4, -0.2) is 20.7 Å². The number of hydrogen-bond acceptors (Lipinski definition) is 3. The molecule has 26 heavy (non-hydrogen) atoms. The Balaban J connectivity index is 1.59. The Hall–Kier alpha value is -2.53. The standard InChI is InChI=1S/C21H23N3OS/c1-16(26-15-18-8-4-3-5-9-18)21(25)23-14-19-10-6-7-11-20(19)24-13-12-22-17(24)2/h3-13,16H,14-15H2,1-2H3,(H,23,25)/t16-/m1/s1. The fourth-order valence-corrected chi connectivity index (χ4v) is 3.59. The van der Waals surface area contributed by atoms with Gasteiger partial charge in [-0.2, -0.15) is 0 Å². The van der Waals surface area contributed by atoms with Crippen molar-refractivity contribution < 1.29 is 4.79 Å². The molecule has 1 atom stereocenters. The summed E-state index contributed by atoms with van der Waals surface area (Å²) in [7, 11) is 0. The molecule has 0 aliphatic rings. The van der Waals surface area contributed by atoms with Crippen LogP contribution in [0.2, 0.25) is 0 Å². The van der Waals surface area contributed by atoms with Crippen LogP contribution < -0.4 is 5.32 Å². The van der Waals surface area contributed by atoms with Gasteiger partial charge < -0.3 is 9.88 Å². The Labute approximate surface area is 158 Å². The maximum atomic E-state index is 12.5. The molecule has 1 aromatic heterocycles. The normalized spacial score (nSPS) is 11.9. The first-order valence-corrected chi connectivity index (χ1v) is 9.71. The van der Waals surface area contributed by atoms with E-state index < -0.39 is 0 Å². The van der Waals surface area contributed by atoms with Crippen molar-refractivity contribution in [3.8, 4) is 5.69 Å². The number of imidazole rings is 1. The predicted molar refractivity (Wildman–Crippen MR) is 107 cm³/mol. The van der Waals surface area contributed by atoms with Crippen molar-refractivity contribution in [2.45, 2.75) is 31.4 Å². The molecule has 4 nitrogen and oxygen atoms in total. The Bertz CT molecular complexity index is 860. The number of nitrogens with one attached hydrogen (secondary N) is 1. The minimum atomic E-state index is -0.0997. The summed E-state index contributed by atoms with van der Waals surface area (Å²) in [6.07, 6.45) is 3.72. The molecule has 0 saturated heterocycles. The summed E-state index contributed by atoms with van der Waals surface area (Å²) in [6.45, 7) is 4.43. The fourth-order valence-electron chi connectivity index (χ4n) is 2.73. The van der Waals surface area contributed by atoms with Crippen LogP contribution in [0.1, 0.15) is 23.9 Å². The third-order valence-corrected chi connectivity index (χ3v) is 5.46. The Kier molecular flexibility index (Phi) is 6.12. The molecule has 1 amide bonds. The molecule has 3 aromatic rings. The summed E-state index contributed by atoms with van der Waals surface area (Å²) in [5, 5.41) is 2.96. The molecule has 1 N–H and O–H groups in total. The van der Waals surface area contributed by atoms with Crippen LogP contribution in [0.3, 0.4) is 0 Å². The molecule has 0 radical (unpaired) electrons. The lowest BCUT2D eigenvalue weighted by Gasteiger charge is -2.15. The fraction of sp³-hybridized carbons (Fsp3) is 0.238. The number of aryl methyl sites for hydroxylation is 1. The van der Waals surface area contributed by atoms with Crippen molar-refractivity contribution in [1.82, 2.24) is 14.9 Å². The molecule has 0 bridgehead atoms. The molecule has 5 heteroatoms. The van der Waals surface area contributed by atoms with Gasteiger partial charge in [0, 0.05) is 24.7 Å². The van der Waals surface area contributed by atoms with Crippen LogP contribution in [0.15, 0.2) is 67.0 Å². The number of nitrogens with zero attached hydrogens (tertiary/aromatic N) is 2. The summed E-state index contributed by atoms with van der Waals surface area (Å²) in [6, 6.07) is 18.3. The monoisotopic (exact) mass is 365 g/mol. The number of hydrogen-bond donors (Lipinski definition) is 1. The first kappa shape index (κ1) is 18.3. The van der Waals surface area contributed by atoms with Gasteiger partial charge in [0.2, 0.25) is 5.91 Å². The average molecular weight is 366 g/mol. The first-order valence-electron chi connectivity index (χ1n) is 8.66. The molecule has 0 fully saturated rings. The molecule has 0 aliphatic carbocycles. The molecule has 2 aromatic carbocycles. The van der Waals surface area contributed by atoms with Crippen LogP contribution in [0.4, 0.5) is 0 Å². The van der Waals surface area contributed by atoms with Gasteiger partial charge in [0.25, 0.3) is 0 Å². The van der Waals surface area contributed by atoms with Crippen LogP contribution in [0.5, 0.6) is 0 Å². The van der Waals surface area contributed by atoms with E-state index in [1.807, 2.05) is 67.1 Å². The third kappa shape index (κ3) is 4.55. The largest absolute Gasteiger partial charge is 0.351 e. The highest BCUT2D eigenvalue weighted by Crippen LogP contribution is 2.19. The highest BCUT2D eigenvalue weighted by molar-refractivity contribution is 7.99. The quantitative estimate of drug-likeness (QED) is 0.685. The second kappa shape index (κ2) is 8.72. The number of carbonyl (C=O) groups excluding carboxylic acids is 1. The molecule has 134 valence electrons. The van der Waals surface area contributed by atoms with Gasteiger partial charge in [-0.1, -0.05) is 48.5 Å². The van der Waals surface area contributed by atoms with Crippen LogP contribution in [-0.2, 0) is 17.1 Å². The van der Waals surface area contributed by atoms with Crippen LogP contribution >= 0.6 is 11.8 Å². The van der Waals surface area contributed by atoms with Crippen LogP contribution in [0, 0.1) is 6.92 Å². The summed E-state index contributed by atoms with van der Waals surface area (Å²) in [5.74, 6) is 1.82. The van der Waals surface area contributed by atoms with Crippen molar-refractivity contribution >= 4 is 17.7 Å². The number of amides is 1. The van der Waals surface area contributed by atoms with Gasteiger partial charge in [0.05, 0.1) is 10.9 Å². The molecule has 0 aliphatic heterocycles. The number of benzene rings is 2. The highest BCUT2D eigenvalue weighted by atomic mass is 32.2. The smallest absolute Gasteiger partial charge is 0.233 e. The summed E-state index contributed by atoms with van der Waals surface area (Å²) >= 11 is 1.65. The minimum Gasteiger partial charge on any atom is -0.351 e. The lowest BCUT2D eigenvalue weighted by molar-refractivity contribution is -0.120. The summed E-state index contributed by atoms with van der Waals surface area (Å²) in [5.41, 5.74) is 3.35. The number of carbonyl (C=O) groups is 1. The maximum absolute atomic E-state index is 12.5. The average Bonchev–Trinajstić information content (AvgIpc) is 3.11. The lowest BCUT2D eigenvalue weighted by Crippen LogP contribution is -2.30. The lowest BCUT2D eigenvalue weighted by atomic mass is 10.1. The molecular weight excluding hydrogens is 342 g/mol. The van der Waals surface area contributed by atoms with Gasteiger partial charge in [-0.25, -0.2) is 4.98 Å². The minimum absolute atomic E-state index is 0.0584. The number of para-hydroxylation sites is 1. The topological polar surface area (TPSA) is 46.9 Å². The number of thioether (sulfide) groups is 1. The maximum Gasteiger partial charge on any atom is 0.233 e. The third-order valence-electron chi connectivity index (χ3n) is 4.24. The summed E-state index contributed by atoms with van der Waals surface area (Å²) < 4.78 is 2.04. The number of rotatable bonds is 7. The van der Waals surface area contributed by atoms with E-state index in [1.165, 1.54) is 5.56 Å². The molecule has 0 unspecified atom stereocenters. The van der Waals surface area contributed by atoms with Gasteiger partial charge >= 0.3 is 0 Å². The Morgan fingerprint density at radius 1 is 1.15 bits per heavy atom. The molecule has 3 rings (SSSR count). The van der Waals surface area contributed by atoms with Crippen LogP contribution in [0.25, 0.3) is 5.69 Å². The van der Waals surface area contributed by atoms with Gasteiger partial charge in [-0.3, -0.25) is 4.79 Å². The summed E-state index contributed by atoms with van der Waals surface area (Å²) in [4.78, 5) is 16.7. The second-order valence-electron chi connectivity index (χ2n) is 6.13. The van der Waals surface area contributed by atoms with Crippen molar-refractivity contribution in [3.63, 3.8) is 0 Å². The predicted octanol–water partition coefficient (Wildman–Crippen LogP) is 4.12. The Morgan fingerprint density at radius 2 is 1.88 bits per heavy atom. The number of aromatic nitrogens is 2. The van der Waals surface area contributed by atoms with Crippen molar-refractivity contribution in [2.75, 3.05) is 0 Å². The zero-order chi connectivity index (χ0) is 18.4. The molecular formula is C21H23N3OS. The SMILES string of the molecule is Cc1nccn1-c1ccccc1CNC(=O)[C@@H](C)SCc1ccccc1. The van der Waals surface area contributed by atoms with E-state index in [2.05, 4.69) is 22.4 Å². The van der Waals surface area contributed by atoms with E-state index in [-0.39, 0.29) is 11.2 Å². The molecule has 0 saturated carbocycles. The van der Waals surface area contributed by atoms with Gasteiger partial charge in [0.15, 0.2) is 0 Å². The van der Waals surface area contributed by atoms with Gasteiger partial charge in [0.1, 0.15) is 5.82 Å². The zero-order valence-corrected chi connectivity index (χ0v) is 15.9. The van der Waals surface area contributed by atoms with E-state index in [0.29, 0.717) is 6.54 Å². The first-order chi connectivity index (χ1) is 12.6. The zero-order valence-electron chi connectivity index (χ0n) is 15.1.